The summed E-state index contributed by atoms with van der Waals surface area (Å²) in [5.41, 5.74) is 0.744. The van der Waals surface area contributed by atoms with Crippen molar-refractivity contribution in [2.45, 2.75) is 37.6 Å². The molecule has 1 fully saturated rings. The van der Waals surface area contributed by atoms with Crippen molar-refractivity contribution < 1.29 is 12.8 Å². The van der Waals surface area contributed by atoms with Crippen molar-refractivity contribution in [1.82, 2.24) is 4.31 Å². The Morgan fingerprint density at radius 2 is 1.89 bits per heavy atom. The molecule has 4 nitrogen and oxygen atoms in total. The fourth-order valence-electron chi connectivity index (χ4n) is 3.79. The van der Waals surface area contributed by atoms with Gasteiger partial charge in [0.05, 0.1) is 4.90 Å². The van der Waals surface area contributed by atoms with E-state index in [4.69, 9.17) is 0 Å². The molecule has 1 N–H and O–H groups in total. The van der Waals surface area contributed by atoms with Crippen LogP contribution in [0.4, 0.5) is 10.1 Å². The van der Waals surface area contributed by atoms with E-state index in [1.54, 1.807) is 34.6 Å². The smallest absolute Gasteiger partial charge is 0.243 e. The number of anilines is 1. The van der Waals surface area contributed by atoms with Gasteiger partial charge < -0.3 is 5.32 Å². The van der Waals surface area contributed by atoms with Gasteiger partial charge in [-0.25, -0.2) is 12.8 Å². The van der Waals surface area contributed by atoms with E-state index in [-0.39, 0.29) is 17.8 Å². The van der Waals surface area contributed by atoms with E-state index in [9.17, 15) is 12.8 Å². The maximum atomic E-state index is 13.5. The first kappa shape index (κ1) is 19.8. The van der Waals surface area contributed by atoms with E-state index < -0.39 is 10.0 Å². The molecule has 146 valence electrons. The zero-order chi connectivity index (χ0) is 19.4. The summed E-state index contributed by atoms with van der Waals surface area (Å²) in [5, 5.41) is 3.43. The third kappa shape index (κ3) is 4.87. The van der Waals surface area contributed by atoms with Crippen LogP contribution in [0.1, 0.15) is 26.7 Å². The van der Waals surface area contributed by atoms with Crippen LogP contribution in [0, 0.1) is 17.7 Å². The molecule has 1 heterocycles. The Labute approximate surface area is 161 Å². The van der Waals surface area contributed by atoms with Crippen LogP contribution in [-0.4, -0.2) is 31.9 Å². The van der Waals surface area contributed by atoms with Crippen molar-refractivity contribution in [2.75, 3.05) is 18.4 Å². The molecule has 0 spiro atoms. The zero-order valence-electron chi connectivity index (χ0n) is 15.8. The van der Waals surface area contributed by atoms with Gasteiger partial charge in [0.15, 0.2) is 0 Å². The molecule has 0 amide bonds. The average Bonchev–Trinajstić information content (AvgIpc) is 2.63. The molecular formula is C21H27FN2O2S. The fourth-order valence-corrected chi connectivity index (χ4v) is 5.32. The summed E-state index contributed by atoms with van der Waals surface area (Å²) in [6, 6.07) is 15.2. The summed E-state index contributed by atoms with van der Waals surface area (Å²) >= 11 is 0. The second kappa shape index (κ2) is 8.40. The molecule has 2 aromatic carbocycles. The number of sulfonamides is 1. The lowest BCUT2D eigenvalue weighted by atomic mass is 9.86. The van der Waals surface area contributed by atoms with E-state index >= 15 is 0 Å². The van der Waals surface area contributed by atoms with Crippen molar-refractivity contribution in [2.24, 2.45) is 11.8 Å². The number of benzene rings is 2. The first-order chi connectivity index (χ1) is 12.9. The summed E-state index contributed by atoms with van der Waals surface area (Å²) in [4.78, 5) is 0.338. The lowest BCUT2D eigenvalue weighted by molar-refractivity contribution is 0.220. The summed E-state index contributed by atoms with van der Waals surface area (Å²) in [7, 11) is -3.49. The Morgan fingerprint density at radius 3 is 2.56 bits per heavy atom. The highest BCUT2D eigenvalue weighted by molar-refractivity contribution is 7.89. The molecule has 2 atom stereocenters. The molecule has 0 aliphatic carbocycles. The van der Waals surface area contributed by atoms with Crippen LogP contribution in [0.25, 0.3) is 0 Å². The van der Waals surface area contributed by atoms with Crippen LogP contribution >= 0.6 is 0 Å². The number of hydrogen-bond acceptors (Lipinski definition) is 3. The second-order valence-electron chi connectivity index (χ2n) is 7.62. The van der Waals surface area contributed by atoms with E-state index in [1.807, 2.05) is 12.1 Å². The number of rotatable bonds is 6. The molecule has 6 heteroatoms. The standard InChI is InChI=1S/C21H27FN2O2S/c1-16(2)13-17-15-24(27(25,26)20-9-4-3-5-10-20)12-11-21(17)23-19-8-6-7-18(22)14-19/h3-10,14,16-17,21,23H,11-13,15H2,1-2H3/t17-,21+/m0/s1. The topological polar surface area (TPSA) is 49.4 Å². The number of nitrogens with zero attached hydrogens (tertiary/aromatic N) is 1. The molecule has 0 bridgehead atoms. The van der Waals surface area contributed by atoms with Gasteiger partial charge in [-0.15, -0.1) is 0 Å². The van der Waals surface area contributed by atoms with Crippen LogP contribution in [0.5, 0.6) is 0 Å². The molecule has 1 saturated heterocycles. The minimum atomic E-state index is -3.49. The highest BCUT2D eigenvalue weighted by Crippen LogP contribution is 2.30. The van der Waals surface area contributed by atoms with Gasteiger partial charge in [0.2, 0.25) is 10.0 Å². The van der Waals surface area contributed by atoms with Crippen molar-refractivity contribution in [1.29, 1.82) is 0 Å². The highest BCUT2D eigenvalue weighted by Gasteiger charge is 2.35. The molecule has 0 unspecified atom stereocenters. The van der Waals surface area contributed by atoms with Gasteiger partial charge in [-0.1, -0.05) is 38.1 Å². The molecule has 0 radical (unpaired) electrons. The fraction of sp³-hybridized carbons (Fsp3) is 0.429. The van der Waals surface area contributed by atoms with Crippen LogP contribution in [0.2, 0.25) is 0 Å². The Hall–Kier alpha value is -1.92. The predicted molar refractivity (Wildman–Crippen MR) is 107 cm³/mol. The van der Waals surface area contributed by atoms with E-state index in [1.165, 1.54) is 12.1 Å². The Balaban J connectivity index is 1.78. The summed E-state index contributed by atoms with van der Waals surface area (Å²) < 4.78 is 41.1. The maximum Gasteiger partial charge on any atom is 0.243 e. The number of piperidine rings is 1. The Bertz CT molecular complexity index is 855. The number of halogens is 1. The third-order valence-corrected chi connectivity index (χ3v) is 6.91. The molecule has 1 aliphatic heterocycles. The molecule has 3 rings (SSSR count). The Morgan fingerprint density at radius 1 is 1.15 bits per heavy atom. The van der Waals surface area contributed by atoms with Crippen LogP contribution < -0.4 is 5.32 Å². The normalized spacial score (nSPS) is 21.3. The third-order valence-electron chi connectivity index (χ3n) is 5.03. The van der Waals surface area contributed by atoms with Crippen LogP contribution in [-0.2, 0) is 10.0 Å². The molecule has 0 saturated carbocycles. The van der Waals surface area contributed by atoms with Crippen LogP contribution in [0.15, 0.2) is 59.5 Å². The monoisotopic (exact) mass is 390 g/mol. The lowest BCUT2D eigenvalue weighted by Gasteiger charge is -2.39. The first-order valence-corrected chi connectivity index (χ1v) is 10.9. The molecular weight excluding hydrogens is 363 g/mol. The van der Waals surface area contributed by atoms with E-state index in [2.05, 4.69) is 19.2 Å². The van der Waals surface area contributed by atoms with E-state index in [0.29, 0.717) is 30.3 Å². The van der Waals surface area contributed by atoms with Crippen LogP contribution in [0.3, 0.4) is 0 Å². The van der Waals surface area contributed by atoms with Gasteiger partial charge in [0.1, 0.15) is 5.82 Å². The molecule has 2 aromatic rings. The predicted octanol–water partition coefficient (Wildman–Crippen LogP) is 4.36. The van der Waals surface area contributed by atoms with Gasteiger partial charge in [0, 0.05) is 24.8 Å². The van der Waals surface area contributed by atoms with Gasteiger partial charge in [-0.2, -0.15) is 4.31 Å². The van der Waals surface area contributed by atoms with Crippen molar-refractivity contribution in [3.63, 3.8) is 0 Å². The highest BCUT2D eigenvalue weighted by atomic mass is 32.2. The number of nitrogens with one attached hydrogen (secondary N) is 1. The molecule has 27 heavy (non-hydrogen) atoms. The summed E-state index contributed by atoms with van der Waals surface area (Å²) in [6.45, 7) is 5.22. The second-order valence-corrected chi connectivity index (χ2v) is 9.55. The van der Waals surface area contributed by atoms with Crippen molar-refractivity contribution in [3.05, 3.63) is 60.4 Å². The zero-order valence-corrected chi connectivity index (χ0v) is 16.6. The first-order valence-electron chi connectivity index (χ1n) is 9.43. The van der Waals surface area contributed by atoms with Gasteiger partial charge >= 0.3 is 0 Å². The summed E-state index contributed by atoms with van der Waals surface area (Å²) in [5.74, 6) is 0.344. The minimum absolute atomic E-state index is 0.122. The SMILES string of the molecule is CC(C)C[C@H]1CN(S(=O)(=O)c2ccccc2)CC[C@H]1Nc1cccc(F)c1. The minimum Gasteiger partial charge on any atom is -0.382 e. The van der Waals surface area contributed by atoms with Crippen molar-refractivity contribution >= 4 is 15.7 Å². The average molecular weight is 391 g/mol. The number of hydrogen-bond donors (Lipinski definition) is 1. The Kier molecular flexibility index (Phi) is 6.17. The van der Waals surface area contributed by atoms with Crippen molar-refractivity contribution in [3.8, 4) is 0 Å². The molecule has 0 aromatic heterocycles. The maximum absolute atomic E-state index is 13.5. The van der Waals surface area contributed by atoms with Gasteiger partial charge in [0.25, 0.3) is 0 Å². The lowest BCUT2D eigenvalue weighted by Crippen LogP contribution is -2.48. The summed E-state index contributed by atoms with van der Waals surface area (Å²) in [6.07, 6.45) is 1.60. The quantitative estimate of drug-likeness (QED) is 0.797. The van der Waals surface area contributed by atoms with Gasteiger partial charge in [-0.05, 0) is 55.0 Å². The van der Waals surface area contributed by atoms with E-state index in [0.717, 1.165) is 12.1 Å². The largest absolute Gasteiger partial charge is 0.382 e. The van der Waals surface area contributed by atoms with Gasteiger partial charge in [-0.3, -0.25) is 0 Å². The molecule has 1 aliphatic rings.